The van der Waals surface area contributed by atoms with E-state index in [0.717, 1.165) is 17.7 Å². The number of aryl methyl sites for hydroxylation is 1. The molecule has 9 heteroatoms. The lowest BCUT2D eigenvalue weighted by molar-refractivity contribution is -0.386. The molecule has 9 nitrogen and oxygen atoms in total. The predicted molar refractivity (Wildman–Crippen MR) is 121 cm³/mol. The molecule has 0 bridgehead atoms. The first-order valence-electron chi connectivity index (χ1n) is 11.0. The summed E-state index contributed by atoms with van der Waals surface area (Å²) < 4.78 is 1.61. The van der Waals surface area contributed by atoms with Gasteiger partial charge in [-0.1, -0.05) is 44.2 Å². The lowest BCUT2D eigenvalue weighted by Crippen LogP contribution is -2.12. The van der Waals surface area contributed by atoms with Gasteiger partial charge in [0.15, 0.2) is 5.82 Å². The summed E-state index contributed by atoms with van der Waals surface area (Å²) in [4.78, 5) is 23.4. The van der Waals surface area contributed by atoms with Crippen LogP contribution in [0.3, 0.4) is 0 Å². The van der Waals surface area contributed by atoms with Crippen molar-refractivity contribution in [1.82, 2.24) is 20.0 Å². The van der Waals surface area contributed by atoms with E-state index < -0.39 is 4.92 Å². The summed E-state index contributed by atoms with van der Waals surface area (Å²) in [5.74, 6) is 0.998. The highest BCUT2D eigenvalue weighted by molar-refractivity contribution is 6.03. The monoisotopic (exact) mass is 436 g/mol. The first kappa shape index (κ1) is 21.7. The van der Waals surface area contributed by atoms with Crippen LogP contribution in [0.2, 0.25) is 0 Å². The van der Waals surface area contributed by atoms with E-state index in [0.29, 0.717) is 35.2 Å². The minimum Gasteiger partial charge on any atom is -0.305 e. The number of carbonyl (C=O) groups excluding carboxylic acids is 1. The number of anilines is 1. The quantitative estimate of drug-likeness (QED) is 0.416. The SMILES string of the molecule is Cc1nn(Cc2ccc(C(=O)Nc3cc(CC4CCCCC4)[nH]n3)cc2)c(C)c1[N+](=O)[O-]. The number of rotatable bonds is 7. The molecule has 1 amide bonds. The Morgan fingerprint density at radius 3 is 2.59 bits per heavy atom. The highest BCUT2D eigenvalue weighted by Gasteiger charge is 2.22. The Morgan fingerprint density at radius 1 is 1.22 bits per heavy atom. The van der Waals surface area contributed by atoms with Crippen molar-refractivity contribution in [3.63, 3.8) is 0 Å². The molecule has 1 aliphatic rings. The van der Waals surface area contributed by atoms with Crippen LogP contribution in [0.15, 0.2) is 30.3 Å². The van der Waals surface area contributed by atoms with Gasteiger partial charge >= 0.3 is 5.69 Å². The predicted octanol–water partition coefficient (Wildman–Crippen LogP) is 4.55. The maximum absolute atomic E-state index is 12.6. The number of carbonyl (C=O) groups is 1. The van der Waals surface area contributed by atoms with Gasteiger partial charge in [0, 0.05) is 17.3 Å². The fourth-order valence-corrected chi connectivity index (χ4v) is 4.46. The Balaban J connectivity index is 1.36. The van der Waals surface area contributed by atoms with Crippen LogP contribution in [0.5, 0.6) is 0 Å². The van der Waals surface area contributed by atoms with E-state index in [2.05, 4.69) is 20.6 Å². The van der Waals surface area contributed by atoms with Gasteiger partial charge < -0.3 is 5.32 Å². The number of amides is 1. The number of nitrogens with zero attached hydrogens (tertiary/aromatic N) is 4. The third kappa shape index (κ3) is 4.87. The van der Waals surface area contributed by atoms with Crippen LogP contribution in [0, 0.1) is 29.9 Å². The largest absolute Gasteiger partial charge is 0.312 e. The van der Waals surface area contributed by atoms with Gasteiger partial charge in [0.2, 0.25) is 0 Å². The highest BCUT2D eigenvalue weighted by Crippen LogP contribution is 2.27. The van der Waals surface area contributed by atoms with E-state index >= 15 is 0 Å². The molecule has 0 atom stereocenters. The number of nitrogens with one attached hydrogen (secondary N) is 2. The maximum Gasteiger partial charge on any atom is 0.312 e. The molecular weight excluding hydrogens is 408 g/mol. The van der Waals surface area contributed by atoms with Crippen LogP contribution in [-0.4, -0.2) is 30.8 Å². The van der Waals surface area contributed by atoms with Gasteiger partial charge in [0.25, 0.3) is 5.91 Å². The number of aromatic amines is 1. The molecule has 0 aliphatic heterocycles. The Morgan fingerprint density at radius 2 is 1.94 bits per heavy atom. The van der Waals surface area contributed by atoms with Crippen molar-refractivity contribution >= 4 is 17.4 Å². The van der Waals surface area contributed by atoms with Crippen molar-refractivity contribution in [2.45, 2.75) is 58.9 Å². The molecule has 2 aromatic heterocycles. The summed E-state index contributed by atoms with van der Waals surface area (Å²) in [7, 11) is 0. The number of nitro groups is 1. The molecule has 0 spiro atoms. The van der Waals surface area contributed by atoms with Crippen LogP contribution in [0.25, 0.3) is 0 Å². The van der Waals surface area contributed by atoms with Crippen molar-refractivity contribution < 1.29 is 9.72 Å². The second-order valence-corrected chi connectivity index (χ2v) is 8.57. The van der Waals surface area contributed by atoms with E-state index in [1.807, 2.05) is 18.2 Å². The molecule has 2 N–H and O–H groups in total. The molecule has 32 heavy (non-hydrogen) atoms. The minimum absolute atomic E-state index is 0.0443. The van der Waals surface area contributed by atoms with Crippen molar-refractivity contribution in [2.24, 2.45) is 5.92 Å². The standard InChI is InChI=1S/C23H28N6O3/c1-15-22(29(31)32)16(2)28(27-15)14-18-8-10-19(11-9-18)23(30)24-21-13-20(25-26-21)12-17-6-4-3-5-7-17/h8-11,13,17H,3-7,12,14H2,1-2H3,(H2,24,25,26,30). The normalized spacial score (nSPS) is 14.4. The van der Waals surface area contributed by atoms with Crippen LogP contribution < -0.4 is 5.32 Å². The third-order valence-electron chi connectivity index (χ3n) is 6.18. The summed E-state index contributed by atoms with van der Waals surface area (Å²) in [6.07, 6.45) is 7.43. The third-order valence-corrected chi connectivity index (χ3v) is 6.18. The van der Waals surface area contributed by atoms with E-state index in [4.69, 9.17) is 0 Å². The van der Waals surface area contributed by atoms with Gasteiger partial charge in [0.05, 0.1) is 11.5 Å². The van der Waals surface area contributed by atoms with Crippen LogP contribution in [0.4, 0.5) is 11.5 Å². The van der Waals surface area contributed by atoms with Crippen LogP contribution in [-0.2, 0) is 13.0 Å². The summed E-state index contributed by atoms with van der Waals surface area (Å²) in [6.45, 7) is 3.71. The van der Waals surface area contributed by atoms with Gasteiger partial charge in [-0.05, 0) is 43.9 Å². The Bertz CT molecular complexity index is 1110. The van der Waals surface area contributed by atoms with Gasteiger partial charge in [0.1, 0.15) is 11.4 Å². The zero-order chi connectivity index (χ0) is 22.7. The molecule has 3 aromatic rings. The van der Waals surface area contributed by atoms with Crippen molar-refractivity contribution in [3.8, 4) is 0 Å². The fraction of sp³-hybridized carbons (Fsp3) is 0.435. The van der Waals surface area contributed by atoms with Gasteiger partial charge in [-0.2, -0.15) is 10.2 Å². The fourth-order valence-electron chi connectivity index (χ4n) is 4.46. The number of hydrogen-bond acceptors (Lipinski definition) is 5. The van der Waals surface area contributed by atoms with Crippen molar-refractivity contribution in [1.29, 1.82) is 0 Å². The number of benzene rings is 1. The Labute approximate surface area is 186 Å². The Kier molecular flexibility index (Phi) is 6.34. The summed E-state index contributed by atoms with van der Waals surface area (Å²) in [5, 5.41) is 25.6. The maximum atomic E-state index is 12.6. The van der Waals surface area contributed by atoms with Gasteiger partial charge in [-0.25, -0.2) is 0 Å². The van der Waals surface area contributed by atoms with Crippen molar-refractivity contribution in [2.75, 3.05) is 5.32 Å². The molecule has 168 valence electrons. The zero-order valence-electron chi connectivity index (χ0n) is 18.4. The van der Waals surface area contributed by atoms with Crippen LogP contribution in [0.1, 0.15) is 65.1 Å². The second-order valence-electron chi connectivity index (χ2n) is 8.57. The number of H-pyrrole nitrogens is 1. The molecule has 1 aliphatic carbocycles. The molecule has 0 radical (unpaired) electrons. The summed E-state index contributed by atoms with van der Waals surface area (Å²) in [5.41, 5.74) is 3.42. The summed E-state index contributed by atoms with van der Waals surface area (Å²) >= 11 is 0. The zero-order valence-corrected chi connectivity index (χ0v) is 18.4. The van der Waals surface area contributed by atoms with E-state index in [-0.39, 0.29) is 11.6 Å². The number of aromatic nitrogens is 4. The minimum atomic E-state index is -0.406. The molecule has 0 saturated heterocycles. The average molecular weight is 437 g/mol. The van der Waals surface area contributed by atoms with Crippen LogP contribution >= 0.6 is 0 Å². The lowest BCUT2D eigenvalue weighted by atomic mass is 9.86. The van der Waals surface area contributed by atoms with Gasteiger partial charge in [-0.3, -0.25) is 24.7 Å². The Hall–Kier alpha value is -3.49. The second kappa shape index (κ2) is 9.33. The lowest BCUT2D eigenvalue weighted by Gasteiger charge is -2.20. The van der Waals surface area contributed by atoms with Crippen molar-refractivity contribution in [3.05, 3.63) is 68.7 Å². The first-order valence-corrected chi connectivity index (χ1v) is 11.0. The molecule has 0 unspecified atom stereocenters. The van der Waals surface area contributed by atoms with E-state index in [1.54, 1.807) is 30.7 Å². The summed E-state index contributed by atoms with van der Waals surface area (Å²) in [6, 6.07) is 9.05. The topological polar surface area (TPSA) is 119 Å². The molecular formula is C23H28N6O3. The molecule has 1 saturated carbocycles. The van der Waals surface area contributed by atoms with Gasteiger partial charge in [-0.15, -0.1) is 0 Å². The molecule has 2 heterocycles. The van der Waals surface area contributed by atoms with E-state index in [9.17, 15) is 14.9 Å². The first-order chi connectivity index (χ1) is 15.4. The van der Waals surface area contributed by atoms with E-state index in [1.165, 1.54) is 32.1 Å². The smallest absolute Gasteiger partial charge is 0.305 e. The molecule has 1 aromatic carbocycles. The molecule has 1 fully saturated rings. The average Bonchev–Trinajstić information content (AvgIpc) is 3.32. The molecule has 4 rings (SSSR count). The highest BCUT2D eigenvalue weighted by atomic mass is 16.6. The number of hydrogen-bond donors (Lipinski definition) is 2.